The average molecular weight is 399 g/mol. The molecule has 3 heterocycles. The zero-order valence-corrected chi connectivity index (χ0v) is 16.8. The van der Waals surface area contributed by atoms with Gasteiger partial charge in [-0.05, 0) is 54.3 Å². The van der Waals surface area contributed by atoms with E-state index < -0.39 is 0 Å². The summed E-state index contributed by atoms with van der Waals surface area (Å²) in [6.45, 7) is 2.08. The second-order valence-corrected chi connectivity index (χ2v) is 8.11. The van der Waals surface area contributed by atoms with Gasteiger partial charge in [0, 0.05) is 38.7 Å². The Labute approximate surface area is 177 Å². The molecule has 0 N–H and O–H groups in total. The Kier molecular flexibility index (Phi) is 3.20. The van der Waals surface area contributed by atoms with E-state index in [-0.39, 0.29) is 0 Å². The van der Waals surface area contributed by atoms with Crippen molar-refractivity contribution in [2.75, 3.05) is 0 Å². The van der Waals surface area contributed by atoms with Crippen molar-refractivity contribution in [1.29, 1.82) is 0 Å². The minimum atomic E-state index is 0.874. The molecule has 0 fully saturated rings. The molecule has 0 aliphatic rings. The van der Waals surface area contributed by atoms with E-state index in [0.29, 0.717) is 0 Å². The Morgan fingerprint density at radius 2 is 1.55 bits per heavy atom. The third-order valence-corrected chi connectivity index (χ3v) is 6.17. The van der Waals surface area contributed by atoms with Crippen LogP contribution >= 0.6 is 0 Å². The summed E-state index contributed by atoms with van der Waals surface area (Å²) in [5, 5.41) is 6.72. The van der Waals surface area contributed by atoms with Crippen LogP contribution in [0.1, 0.15) is 5.56 Å². The molecule has 4 aromatic carbocycles. The predicted octanol–water partition coefficient (Wildman–Crippen LogP) is 8.01. The quantitative estimate of drug-likeness (QED) is 0.281. The SMILES string of the molecule is Cc1ccc2c(c1)oc1c(-c3cc4c(ccc5oc6ccccc6c54)cn3)cccc12. The molecule has 0 saturated carbocycles. The van der Waals surface area contributed by atoms with Crippen molar-refractivity contribution in [3.8, 4) is 11.3 Å². The summed E-state index contributed by atoms with van der Waals surface area (Å²) in [5.74, 6) is 0. The highest BCUT2D eigenvalue weighted by molar-refractivity contribution is 6.19. The fraction of sp³-hybridized carbons (Fsp3) is 0.0357. The van der Waals surface area contributed by atoms with Gasteiger partial charge in [-0.15, -0.1) is 0 Å². The molecule has 0 saturated heterocycles. The van der Waals surface area contributed by atoms with E-state index in [9.17, 15) is 0 Å². The Morgan fingerprint density at radius 3 is 2.52 bits per heavy atom. The number of benzene rings is 4. The first-order chi connectivity index (χ1) is 15.3. The van der Waals surface area contributed by atoms with Gasteiger partial charge in [0.05, 0.1) is 5.69 Å². The molecule has 146 valence electrons. The highest BCUT2D eigenvalue weighted by Crippen LogP contribution is 2.38. The Balaban J connectivity index is 1.56. The molecule has 0 aliphatic carbocycles. The van der Waals surface area contributed by atoms with Crippen molar-refractivity contribution in [2.45, 2.75) is 6.92 Å². The van der Waals surface area contributed by atoms with Gasteiger partial charge in [0.2, 0.25) is 0 Å². The summed E-state index contributed by atoms with van der Waals surface area (Å²) in [6.07, 6.45) is 1.94. The average Bonchev–Trinajstić information content (AvgIpc) is 3.36. The number of para-hydroxylation sites is 2. The van der Waals surface area contributed by atoms with Crippen molar-refractivity contribution < 1.29 is 8.83 Å². The normalized spacial score (nSPS) is 12.0. The van der Waals surface area contributed by atoms with Crippen LogP contribution in [0.5, 0.6) is 0 Å². The van der Waals surface area contributed by atoms with Crippen molar-refractivity contribution in [3.05, 3.63) is 90.6 Å². The molecule has 7 rings (SSSR count). The Morgan fingerprint density at radius 1 is 0.645 bits per heavy atom. The molecule has 7 aromatic rings. The number of aryl methyl sites for hydroxylation is 1. The van der Waals surface area contributed by atoms with Gasteiger partial charge < -0.3 is 8.83 Å². The van der Waals surface area contributed by atoms with Crippen LogP contribution < -0.4 is 0 Å². The molecule has 0 amide bonds. The maximum atomic E-state index is 6.32. The summed E-state index contributed by atoms with van der Waals surface area (Å²) in [6, 6.07) is 27.1. The predicted molar refractivity (Wildman–Crippen MR) is 126 cm³/mol. The number of fused-ring (bicyclic) bond motifs is 8. The van der Waals surface area contributed by atoms with Crippen LogP contribution in [-0.2, 0) is 0 Å². The van der Waals surface area contributed by atoms with E-state index in [2.05, 4.69) is 67.6 Å². The van der Waals surface area contributed by atoms with Crippen LogP contribution in [0.2, 0.25) is 0 Å². The lowest BCUT2D eigenvalue weighted by molar-refractivity contribution is 0.669. The van der Waals surface area contributed by atoms with E-state index in [1.807, 2.05) is 24.4 Å². The van der Waals surface area contributed by atoms with E-state index in [1.165, 1.54) is 5.56 Å². The van der Waals surface area contributed by atoms with Crippen LogP contribution in [-0.4, -0.2) is 4.98 Å². The highest BCUT2D eigenvalue weighted by atomic mass is 16.3. The number of aromatic nitrogens is 1. The highest BCUT2D eigenvalue weighted by Gasteiger charge is 2.15. The van der Waals surface area contributed by atoms with Gasteiger partial charge in [0.1, 0.15) is 22.3 Å². The largest absolute Gasteiger partial charge is 0.456 e. The molecule has 0 spiro atoms. The van der Waals surface area contributed by atoms with Gasteiger partial charge in [0.25, 0.3) is 0 Å². The molecule has 0 bridgehead atoms. The molecule has 0 atom stereocenters. The minimum Gasteiger partial charge on any atom is -0.456 e. The topological polar surface area (TPSA) is 39.2 Å². The standard InChI is InChI=1S/C28H17NO2/c1-16-9-11-18-19-6-4-7-20(28(19)31-26(18)13-16)23-14-22-17(15-29-23)10-12-25-27(22)21-5-2-3-8-24(21)30-25/h2-15H,1H3. The molecule has 0 unspecified atom stereocenters. The van der Waals surface area contributed by atoms with Gasteiger partial charge >= 0.3 is 0 Å². The summed E-state index contributed by atoms with van der Waals surface area (Å²) in [4.78, 5) is 4.80. The van der Waals surface area contributed by atoms with Gasteiger partial charge in [0.15, 0.2) is 0 Å². The Bertz CT molecular complexity index is 1800. The van der Waals surface area contributed by atoms with E-state index >= 15 is 0 Å². The lowest BCUT2D eigenvalue weighted by Gasteiger charge is -2.05. The first kappa shape index (κ1) is 16.7. The van der Waals surface area contributed by atoms with Gasteiger partial charge in [-0.2, -0.15) is 0 Å². The molecule has 3 nitrogen and oxygen atoms in total. The second-order valence-electron chi connectivity index (χ2n) is 8.11. The minimum absolute atomic E-state index is 0.874. The smallest absolute Gasteiger partial charge is 0.144 e. The van der Waals surface area contributed by atoms with Gasteiger partial charge in [-0.1, -0.05) is 42.5 Å². The summed E-state index contributed by atoms with van der Waals surface area (Å²) < 4.78 is 12.4. The number of hydrogen-bond donors (Lipinski definition) is 0. The second kappa shape index (κ2) is 5.96. The number of rotatable bonds is 1. The molecular formula is C28H17NO2. The first-order valence-corrected chi connectivity index (χ1v) is 10.4. The van der Waals surface area contributed by atoms with Crippen LogP contribution in [0.25, 0.3) is 65.9 Å². The third-order valence-electron chi connectivity index (χ3n) is 6.17. The molecule has 31 heavy (non-hydrogen) atoms. The molecule has 3 aromatic heterocycles. The van der Waals surface area contributed by atoms with Gasteiger partial charge in [-0.3, -0.25) is 4.98 Å². The summed E-state index contributed by atoms with van der Waals surface area (Å²) in [7, 11) is 0. The fourth-order valence-electron chi connectivity index (χ4n) is 4.69. The maximum Gasteiger partial charge on any atom is 0.144 e. The number of furan rings is 2. The number of hydrogen-bond acceptors (Lipinski definition) is 3. The van der Waals surface area contributed by atoms with E-state index in [1.54, 1.807) is 0 Å². The van der Waals surface area contributed by atoms with Crippen molar-refractivity contribution in [1.82, 2.24) is 4.98 Å². The lowest BCUT2D eigenvalue weighted by atomic mass is 10.0. The van der Waals surface area contributed by atoms with Crippen LogP contribution in [0.3, 0.4) is 0 Å². The fourth-order valence-corrected chi connectivity index (χ4v) is 4.69. The maximum absolute atomic E-state index is 6.32. The van der Waals surface area contributed by atoms with Crippen LogP contribution in [0, 0.1) is 6.92 Å². The monoisotopic (exact) mass is 399 g/mol. The molecule has 3 heteroatoms. The van der Waals surface area contributed by atoms with E-state index in [0.717, 1.165) is 65.9 Å². The van der Waals surface area contributed by atoms with Crippen molar-refractivity contribution in [2.24, 2.45) is 0 Å². The lowest BCUT2D eigenvalue weighted by Crippen LogP contribution is -1.85. The number of nitrogens with zero attached hydrogens (tertiary/aromatic N) is 1. The van der Waals surface area contributed by atoms with Gasteiger partial charge in [-0.25, -0.2) is 0 Å². The molecular weight excluding hydrogens is 382 g/mol. The summed E-state index contributed by atoms with van der Waals surface area (Å²) in [5.41, 5.74) is 6.66. The summed E-state index contributed by atoms with van der Waals surface area (Å²) >= 11 is 0. The van der Waals surface area contributed by atoms with Crippen molar-refractivity contribution >= 4 is 54.6 Å². The Hall–Kier alpha value is -4.11. The third kappa shape index (κ3) is 2.32. The zero-order valence-electron chi connectivity index (χ0n) is 16.8. The first-order valence-electron chi connectivity index (χ1n) is 10.4. The van der Waals surface area contributed by atoms with Crippen LogP contribution in [0.15, 0.2) is 93.9 Å². The van der Waals surface area contributed by atoms with Crippen LogP contribution in [0.4, 0.5) is 0 Å². The van der Waals surface area contributed by atoms with E-state index in [4.69, 9.17) is 13.8 Å². The number of pyridine rings is 1. The van der Waals surface area contributed by atoms with Crippen molar-refractivity contribution in [3.63, 3.8) is 0 Å². The molecule has 0 radical (unpaired) electrons. The molecule has 0 aliphatic heterocycles. The zero-order chi connectivity index (χ0) is 20.5.